The first-order valence-electron chi connectivity index (χ1n) is 5.44. The van der Waals surface area contributed by atoms with Crippen LogP contribution in [-0.2, 0) is 9.59 Å². The van der Waals surface area contributed by atoms with Gasteiger partial charge in [-0.25, -0.2) is 0 Å². The van der Waals surface area contributed by atoms with Gasteiger partial charge in [-0.1, -0.05) is 12.1 Å². The number of para-hydroxylation sites is 1. The van der Waals surface area contributed by atoms with Crippen LogP contribution < -0.4 is 10.2 Å². The lowest BCUT2D eigenvalue weighted by Crippen LogP contribution is -2.30. The monoisotopic (exact) mass is 234 g/mol. The van der Waals surface area contributed by atoms with Crippen molar-refractivity contribution in [1.82, 2.24) is 0 Å². The predicted molar refractivity (Wildman–Crippen MR) is 64.3 cm³/mol. The van der Waals surface area contributed by atoms with E-state index in [0.29, 0.717) is 13.0 Å². The summed E-state index contributed by atoms with van der Waals surface area (Å²) in [5.41, 5.74) is 2.43. The maximum atomic E-state index is 11.5. The van der Waals surface area contributed by atoms with Crippen molar-refractivity contribution in [1.29, 1.82) is 0 Å². The molecule has 0 spiro atoms. The Bertz CT molecular complexity index is 471. The number of hydrogen-bond acceptors (Lipinski definition) is 3. The topological polar surface area (TPSA) is 69.6 Å². The van der Waals surface area contributed by atoms with Crippen molar-refractivity contribution in [3.8, 4) is 0 Å². The summed E-state index contributed by atoms with van der Waals surface area (Å²) in [4.78, 5) is 24.1. The number of anilines is 2. The molecule has 0 aliphatic carbocycles. The lowest BCUT2D eigenvalue weighted by Gasteiger charge is -2.22. The number of carbonyl (C=O) groups excluding carboxylic acids is 1. The fourth-order valence-corrected chi connectivity index (χ4v) is 1.96. The van der Waals surface area contributed by atoms with Crippen molar-refractivity contribution >= 4 is 23.3 Å². The molecule has 0 atom stereocenters. The molecule has 1 aliphatic heterocycles. The fourth-order valence-electron chi connectivity index (χ4n) is 1.96. The Morgan fingerprint density at radius 3 is 3.00 bits per heavy atom. The van der Waals surface area contributed by atoms with Crippen LogP contribution in [0.5, 0.6) is 0 Å². The summed E-state index contributed by atoms with van der Waals surface area (Å²) in [6.45, 7) is 2.23. The van der Waals surface area contributed by atoms with Gasteiger partial charge in [-0.2, -0.15) is 0 Å². The third-order valence-electron chi connectivity index (χ3n) is 2.79. The lowest BCUT2D eigenvalue weighted by molar-refractivity contribution is -0.135. The first-order chi connectivity index (χ1) is 8.08. The number of rotatable bonds is 2. The molecule has 2 rings (SSSR count). The molecule has 2 N–H and O–H groups in total. The first kappa shape index (κ1) is 11.4. The zero-order chi connectivity index (χ0) is 12.4. The number of hydrogen-bond donors (Lipinski definition) is 2. The van der Waals surface area contributed by atoms with Crippen LogP contribution in [-0.4, -0.2) is 30.1 Å². The number of aliphatic carboxylic acids is 1. The molecule has 5 heteroatoms. The standard InChI is InChI=1S/C12H14N2O3/c1-8-3-2-4-9-12(8)13-10(15)5-6-14(9)7-11(16)17/h2-4H,5-7H2,1H3,(H,13,15)(H,16,17). The lowest BCUT2D eigenvalue weighted by atomic mass is 10.1. The molecule has 1 aliphatic rings. The SMILES string of the molecule is Cc1cccc2c1NC(=O)CCN2CC(=O)O. The number of carboxylic acids is 1. The second-order valence-electron chi connectivity index (χ2n) is 4.08. The van der Waals surface area contributed by atoms with Gasteiger partial charge in [0, 0.05) is 13.0 Å². The average Bonchev–Trinajstić information content (AvgIpc) is 2.40. The van der Waals surface area contributed by atoms with Gasteiger partial charge >= 0.3 is 5.97 Å². The van der Waals surface area contributed by atoms with Gasteiger partial charge in [-0.15, -0.1) is 0 Å². The number of nitrogens with one attached hydrogen (secondary N) is 1. The number of fused-ring (bicyclic) bond motifs is 1. The highest BCUT2D eigenvalue weighted by molar-refractivity contribution is 5.97. The van der Waals surface area contributed by atoms with Crippen molar-refractivity contribution in [3.05, 3.63) is 23.8 Å². The number of aryl methyl sites for hydroxylation is 1. The number of carboxylic acid groups (broad SMARTS) is 1. The molecule has 0 radical (unpaired) electrons. The van der Waals surface area contributed by atoms with Crippen LogP contribution in [0.4, 0.5) is 11.4 Å². The van der Waals surface area contributed by atoms with Crippen molar-refractivity contribution in [3.63, 3.8) is 0 Å². The Morgan fingerprint density at radius 2 is 2.29 bits per heavy atom. The predicted octanol–water partition coefficient (Wildman–Crippen LogP) is 1.23. The number of carbonyl (C=O) groups is 2. The molecule has 1 aromatic rings. The maximum absolute atomic E-state index is 11.5. The molecule has 0 saturated carbocycles. The number of benzene rings is 1. The summed E-state index contributed by atoms with van der Waals surface area (Å²) >= 11 is 0. The van der Waals surface area contributed by atoms with Crippen LogP contribution in [0.1, 0.15) is 12.0 Å². The average molecular weight is 234 g/mol. The highest BCUT2D eigenvalue weighted by Crippen LogP contribution is 2.31. The van der Waals surface area contributed by atoms with E-state index in [9.17, 15) is 9.59 Å². The van der Waals surface area contributed by atoms with Crippen LogP contribution >= 0.6 is 0 Å². The quantitative estimate of drug-likeness (QED) is 0.807. The van der Waals surface area contributed by atoms with Gasteiger partial charge in [-0.3, -0.25) is 9.59 Å². The third kappa shape index (κ3) is 2.38. The number of amides is 1. The minimum absolute atomic E-state index is 0.0755. The van der Waals surface area contributed by atoms with Gasteiger partial charge in [0.1, 0.15) is 6.54 Å². The summed E-state index contributed by atoms with van der Waals surface area (Å²) in [6, 6.07) is 5.58. The van der Waals surface area contributed by atoms with E-state index in [1.165, 1.54) is 0 Å². The molecule has 90 valence electrons. The van der Waals surface area contributed by atoms with Crippen LogP contribution in [0.2, 0.25) is 0 Å². The van der Waals surface area contributed by atoms with Crippen LogP contribution in [0.25, 0.3) is 0 Å². The van der Waals surface area contributed by atoms with Crippen molar-refractivity contribution in [2.45, 2.75) is 13.3 Å². The Balaban J connectivity index is 2.42. The number of nitrogens with zero attached hydrogens (tertiary/aromatic N) is 1. The second-order valence-corrected chi connectivity index (χ2v) is 4.08. The van der Waals surface area contributed by atoms with Crippen LogP contribution in [0.15, 0.2) is 18.2 Å². The largest absolute Gasteiger partial charge is 0.480 e. The highest BCUT2D eigenvalue weighted by Gasteiger charge is 2.21. The molecule has 0 fully saturated rings. The van der Waals surface area contributed by atoms with Gasteiger partial charge in [0.15, 0.2) is 0 Å². The Labute approximate surface area is 99.0 Å². The van der Waals surface area contributed by atoms with Gasteiger partial charge in [0.2, 0.25) is 5.91 Å². The van der Waals surface area contributed by atoms with E-state index in [1.54, 1.807) is 4.90 Å². The third-order valence-corrected chi connectivity index (χ3v) is 2.79. The molecule has 0 unspecified atom stereocenters. The highest BCUT2D eigenvalue weighted by atomic mass is 16.4. The van der Waals surface area contributed by atoms with Crippen molar-refractivity contribution in [2.24, 2.45) is 0 Å². The minimum Gasteiger partial charge on any atom is -0.480 e. The van der Waals surface area contributed by atoms with E-state index in [0.717, 1.165) is 16.9 Å². The molecule has 17 heavy (non-hydrogen) atoms. The van der Waals surface area contributed by atoms with Gasteiger partial charge in [0.05, 0.1) is 11.4 Å². The van der Waals surface area contributed by atoms with E-state index in [1.807, 2.05) is 25.1 Å². The van der Waals surface area contributed by atoms with E-state index in [2.05, 4.69) is 5.32 Å². The van der Waals surface area contributed by atoms with Crippen molar-refractivity contribution < 1.29 is 14.7 Å². The van der Waals surface area contributed by atoms with Crippen LogP contribution in [0.3, 0.4) is 0 Å². The molecule has 0 saturated heterocycles. The first-order valence-corrected chi connectivity index (χ1v) is 5.44. The molecule has 0 aromatic heterocycles. The maximum Gasteiger partial charge on any atom is 0.323 e. The minimum atomic E-state index is -0.896. The van der Waals surface area contributed by atoms with Crippen molar-refractivity contribution in [2.75, 3.05) is 23.3 Å². The molecule has 0 bridgehead atoms. The summed E-state index contributed by atoms with van der Waals surface area (Å²) in [5.74, 6) is -0.972. The van der Waals surface area contributed by atoms with Gasteiger partial charge < -0.3 is 15.3 Å². The smallest absolute Gasteiger partial charge is 0.323 e. The summed E-state index contributed by atoms with van der Waals surface area (Å²) in [7, 11) is 0. The van der Waals surface area contributed by atoms with E-state index >= 15 is 0 Å². The Morgan fingerprint density at radius 1 is 1.53 bits per heavy atom. The summed E-state index contributed by atoms with van der Waals surface area (Å²) in [5, 5.41) is 11.7. The molecular formula is C12H14N2O3. The molecule has 1 aromatic carbocycles. The zero-order valence-electron chi connectivity index (χ0n) is 9.56. The fraction of sp³-hybridized carbons (Fsp3) is 0.333. The summed E-state index contributed by atoms with van der Waals surface area (Å²) in [6.07, 6.45) is 0.307. The molecule has 1 heterocycles. The second kappa shape index (κ2) is 4.45. The molecule has 5 nitrogen and oxygen atoms in total. The van der Waals surface area contributed by atoms with Gasteiger partial charge in [0.25, 0.3) is 0 Å². The van der Waals surface area contributed by atoms with E-state index in [-0.39, 0.29) is 12.5 Å². The Hall–Kier alpha value is -2.04. The Kier molecular flexibility index (Phi) is 2.99. The van der Waals surface area contributed by atoms with Crippen LogP contribution in [0, 0.1) is 6.92 Å². The molecule has 1 amide bonds. The summed E-state index contributed by atoms with van der Waals surface area (Å²) < 4.78 is 0. The zero-order valence-corrected chi connectivity index (χ0v) is 9.56. The normalized spacial score (nSPS) is 14.9. The van der Waals surface area contributed by atoms with Gasteiger partial charge in [-0.05, 0) is 18.6 Å². The van der Waals surface area contributed by atoms with E-state index < -0.39 is 5.97 Å². The molecular weight excluding hydrogens is 220 g/mol. The van der Waals surface area contributed by atoms with E-state index in [4.69, 9.17) is 5.11 Å².